The van der Waals surface area contributed by atoms with Crippen LogP contribution >= 0.6 is 11.3 Å². The summed E-state index contributed by atoms with van der Waals surface area (Å²) in [5.41, 5.74) is 2.35. The number of thiazole rings is 1. The van der Waals surface area contributed by atoms with E-state index < -0.39 is 0 Å². The van der Waals surface area contributed by atoms with Gasteiger partial charge in [-0.3, -0.25) is 10.1 Å². The van der Waals surface area contributed by atoms with Crippen molar-refractivity contribution in [3.8, 4) is 0 Å². The van der Waals surface area contributed by atoms with Gasteiger partial charge in [0.25, 0.3) is 5.91 Å². The summed E-state index contributed by atoms with van der Waals surface area (Å²) in [7, 11) is 1.52. The third-order valence-corrected chi connectivity index (χ3v) is 5.28. The fraction of sp³-hybridized carbons (Fsp3) is 0.0952. The molecule has 7 nitrogen and oxygen atoms in total. The summed E-state index contributed by atoms with van der Waals surface area (Å²) < 4.78 is 18.5. The minimum atomic E-state index is -0.367. The Hall–Kier alpha value is -3.72. The molecule has 0 radical (unpaired) electrons. The first-order valence-corrected chi connectivity index (χ1v) is 9.84. The number of urea groups is 1. The Bertz CT molecular complexity index is 1220. The van der Waals surface area contributed by atoms with Gasteiger partial charge >= 0.3 is 6.03 Å². The molecule has 4 rings (SSSR count). The van der Waals surface area contributed by atoms with Gasteiger partial charge in [-0.05, 0) is 35.9 Å². The SMILES string of the molecule is CNC(=O)Nc1ccc2occ(C(=O)Nc3ncc(Cc4ccc(F)cc4)s3)c2c1. The second-order valence-electron chi connectivity index (χ2n) is 6.45. The van der Waals surface area contributed by atoms with Crippen LogP contribution < -0.4 is 16.0 Å². The molecule has 0 aliphatic rings. The number of hydrogen-bond donors (Lipinski definition) is 3. The van der Waals surface area contributed by atoms with Crippen LogP contribution in [0.2, 0.25) is 0 Å². The Morgan fingerprint density at radius 2 is 1.93 bits per heavy atom. The van der Waals surface area contributed by atoms with Crippen molar-refractivity contribution in [3.05, 3.63) is 76.7 Å². The number of fused-ring (bicyclic) bond motifs is 1. The van der Waals surface area contributed by atoms with Crippen LogP contribution in [-0.2, 0) is 6.42 Å². The monoisotopic (exact) mass is 424 g/mol. The molecule has 0 saturated heterocycles. The molecule has 2 heterocycles. The lowest BCUT2D eigenvalue weighted by molar-refractivity contribution is 0.102. The van der Waals surface area contributed by atoms with E-state index in [9.17, 15) is 14.0 Å². The van der Waals surface area contributed by atoms with Gasteiger partial charge in [-0.2, -0.15) is 0 Å². The summed E-state index contributed by atoms with van der Waals surface area (Å²) in [5, 5.41) is 8.93. The number of rotatable bonds is 5. The largest absolute Gasteiger partial charge is 0.463 e. The first kappa shape index (κ1) is 19.6. The van der Waals surface area contributed by atoms with Crippen molar-refractivity contribution in [3.63, 3.8) is 0 Å². The van der Waals surface area contributed by atoms with Crippen LogP contribution in [0.5, 0.6) is 0 Å². The number of carbonyl (C=O) groups is 2. The normalized spacial score (nSPS) is 10.7. The van der Waals surface area contributed by atoms with E-state index in [1.54, 1.807) is 36.5 Å². The molecule has 152 valence electrons. The van der Waals surface area contributed by atoms with Crippen LogP contribution in [0, 0.1) is 5.82 Å². The van der Waals surface area contributed by atoms with Crippen LogP contribution in [0.4, 0.5) is 20.0 Å². The maximum atomic E-state index is 13.0. The molecule has 3 N–H and O–H groups in total. The molecule has 4 aromatic rings. The quantitative estimate of drug-likeness (QED) is 0.435. The number of carbonyl (C=O) groups excluding carboxylic acids is 2. The van der Waals surface area contributed by atoms with Crippen LogP contribution in [0.15, 0.2) is 59.3 Å². The molecule has 0 aliphatic heterocycles. The van der Waals surface area contributed by atoms with E-state index in [0.717, 1.165) is 10.4 Å². The molecule has 3 amide bonds. The van der Waals surface area contributed by atoms with E-state index in [2.05, 4.69) is 20.9 Å². The van der Waals surface area contributed by atoms with E-state index in [1.807, 2.05) is 0 Å². The molecule has 2 aromatic heterocycles. The van der Waals surface area contributed by atoms with Gasteiger partial charge in [0.05, 0.1) is 5.56 Å². The predicted molar refractivity (Wildman–Crippen MR) is 114 cm³/mol. The summed E-state index contributed by atoms with van der Waals surface area (Å²) in [5.74, 6) is -0.648. The number of benzene rings is 2. The lowest BCUT2D eigenvalue weighted by atomic mass is 10.1. The molecule has 0 fully saturated rings. The number of aromatic nitrogens is 1. The summed E-state index contributed by atoms with van der Waals surface area (Å²) >= 11 is 1.34. The minimum absolute atomic E-state index is 0.281. The Labute approximate surface area is 174 Å². The number of hydrogen-bond acceptors (Lipinski definition) is 5. The van der Waals surface area contributed by atoms with E-state index >= 15 is 0 Å². The van der Waals surface area contributed by atoms with Gasteiger partial charge in [0.2, 0.25) is 0 Å². The molecule has 30 heavy (non-hydrogen) atoms. The average Bonchev–Trinajstić information content (AvgIpc) is 3.36. The number of halogens is 1. The van der Waals surface area contributed by atoms with Crippen molar-refractivity contribution < 1.29 is 18.4 Å². The van der Waals surface area contributed by atoms with Crippen molar-refractivity contribution in [2.45, 2.75) is 6.42 Å². The lowest BCUT2D eigenvalue weighted by Gasteiger charge is -2.04. The highest BCUT2D eigenvalue weighted by atomic mass is 32.1. The molecular formula is C21H17FN4O3S. The van der Waals surface area contributed by atoms with Gasteiger partial charge in [0, 0.05) is 35.6 Å². The van der Waals surface area contributed by atoms with Gasteiger partial charge in [-0.1, -0.05) is 12.1 Å². The van der Waals surface area contributed by atoms with E-state index in [1.165, 1.54) is 36.8 Å². The summed E-state index contributed by atoms with van der Waals surface area (Å²) in [6.45, 7) is 0. The van der Waals surface area contributed by atoms with Crippen molar-refractivity contribution in [1.29, 1.82) is 0 Å². The second kappa shape index (κ2) is 8.34. The predicted octanol–water partition coefficient (Wildman–Crippen LogP) is 4.62. The maximum Gasteiger partial charge on any atom is 0.318 e. The van der Waals surface area contributed by atoms with E-state index in [0.29, 0.717) is 33.8 Å². The zero-order valence-electron chi connectivity index (χ0n) is 15.9. The van der Waals surface area contributed by atoms with Gasteiger partial charge < -0.3 is 15.1 Å². The second-order valence-corrected chi connectivity index (χ2v) is 7.57. The van der Waals surface area contributed by atoms with Crippen LogP contribution in [0.1, 0.15) is 20.8 Å². The van der Waals surface area contributed by atoms with Gasteiger partial charge in [0.15, 0.2) is 5.13 Å². The Balaban J connectivity index is 1.49. The Morgan fingerprint density at radius 3 is 2.70 bits per heavy atom. The first-order valence-electron chi connectivity index (χ1n) is 9.02. The number of anilines is 2. The average molecular weight is 424 g/mol. The number of furan rings is 1. The van der Waals surface area contributed by atoms with Crippen molar-refractivity contribution in [1.82, 2.24) is 10.3 Å². The topological polar surface area (TPSA) is 96.3 Å². The molecule has 0 aliphatic carbocycles. The van der Waals surface area contributed by atoms with Crippen LogP contribution in [-0.4, -0.2) is 24.0 Å². The molecule has 0 bridgehead atoms. The summed E-state index contributed by atoms with van der Waals surface area (Å²) in [6, 6.07) is 10.9. The molecule has 0 saturated carbocycles. The highest BCUT2D eigenvalue weighted by Gasteiger charge is 2.16. The molecule has 0 atom stereocenters. The summed E-state index contributed by atoms with van der Waals surface area (Å²) in [6.07, 6.45) is 3.65. The smallest absolute Gasteiger partial charge is 0.318 e. The molecule has 2 aromatic carbocycles. The van der Waals surface area contributed by atoms with Crippen LogP contribution in [0.3, 0.4) is 0 Å². The molecule has 0 unspecified atom stereocenters. The standard InChI is InChI=1S/C21H17FN4O3S/c1-23-20(28)25-14-6-7-18-16(9-14)17(11-29-18)19(27)26-21-24-10-15(30-21)8-12-2-4-13(22)5-3-12/h2-7,9-11H,8H2,1H3,(H2,23,25,28)(H,24,26,27). The third kappa shape index (κ3) is 4.31. The van der Waals surface area contributed by atoms with Crippen LogP contribution in [0.25, 0.3) is 11.0 Å². The highest BCUT2D eigenvalue weighted by Crippen LogP contribution is 2.27. The zero-order chi connectivity index (χ0) is 21.1. The van der Waals surface area contributed by atoms with Crippen molar-refractivity contribution >= 4 is 45.1 Å². The van der Waals surface area contributed by atoms with Gasteiger partial charge in [-0.25, -0.2) is 14.2 Å². The third-order valence-electron chi connectivity index (χ3n) is 4.37. The Kier molecular flexibility index (Phi) is 5.44. The molecule has 0 spiro atoms. The fourth-order valence-electron chi connectivity index (χ4n) is 2.89. The van der Waals surface area contributed by atoms with Crippen molar-refractivity contribution in [2.75, 3.05) is 17.7 Å². The van der Waals surface area contributed by atoms with Gasteiger partial charge in [-0.15, -0.1) is 11.3 Å². The zero-order valence-corrected chi connectivity index (χ0v) is 16.7. The summed E-state index contributed by atoms with van der Waals surface area (Å²) in [4.78, 5) is 29.4. The Morgan fingerprint density at radius 1 is 1.13 bits per heavy atom. The maximum absolute atomic E-state index is 13.0. The highest BCUT2D eigenvalue weighted by molar-refractivity contribution is 7.15. The molecular weight excluding hydrogens is 407 g/mol. The van der Waals surface area contributed by atoms with E-state index in [4.69, 9.17) is 4.42 Å². The van der Waals surface area contributed by atoms with Gasteiger partial charge in [0.1, 0.15) is 17.7 Å². The number of amides is 3. The molecule has 9 heteroatoms. The minimum Gasteiger partial charge on any atom is -0.463 e. The van der Waals surface area contributed by atoms with Crippen molar-refractivity contribution in [2.24, 2.45) is 0 Å². The van der Waals surface area contributed by atoms with E-state index in [-0.39, 0.29) is 17.8 Å². The number of nitrogens with zero attached hydrogens (tertiary/aromatic N) is 1. The number of nitrogens with one attached hydrogen (secondary N) is 3. The first-order chi connectivity index (χ1) is 14.5. The fourth-order valence-corrected chi connectivity index (χ4v) is 3.73. The lowest BCUT2D eigenvalue weighted by Crippen LogP contribution is -2.24.